The van der Waals surface area contributed by atoms with Crippen LogP contribution >= 0.6 is 0 Å². The summed E-state index contributed by atoms with van der Waals surface area (Å²) in [5.74, 6) is 1.56. The van der Waals surface area contributed by atoms with Gasteiger partial charge in [0.1, 0.15) is 0 Å². The number of hydrogen-bond acceptors (Lipinski definition) is 3. The third kappa shape index (κ3) is 4.73. The smallest absolute Gasteiger partial charge is 0.160 e. The molecule has 0 saturated carbocycles. The van der Waals surface area contributed by atoms with Crippen molar-refractivity contribution in [3.8, 4) is 11.5 Å². The molecular formula is C20H27NO2. The van der Waals surface area contributed by atoms with Crippen LogP contribution < -0.4 is 14.8 Å². The van der Waals surface area contributed by atoms with E-state index in [0.29, 0.717) is 0 Å². The van der Waals surface area contributed by atoms with Crippen molar-refractivity contribution in [2.24, 2.45) is 0 Å². The Balaban J connectivity index is 1.86. The van der Waals surface area contributed by atoms with Gasteiger partial charge in [-0.2, -0.15) is 0 Å². The lowest BCUT2D eigenvalue weighted by atomic mass is 9.84. The van der Waals surface area contributed by atoms with Crippen LogP contribution in [0.2, 0.25) is 0 Å². The third-order valence-electron chi connectivity index (χ3n) is 4.16. The summed E-state index contributed by atoms with van der Waals surface area (Å²) in [6.07, 6.45) is 0.964. The fourth-order valence-electron chi connectivity index (χ4n) is 2.66. The van der Waals surface area contributed by atoms with E-state index >= 15 is 0 Å². The standard InChI is InChI=1S/C20H27NO2/c1-20(2,17-8-6-5-7-9-17)15-21-13-12-16-10-11-18(22-3)19(14-16)23-4/h5-11,14,21H,12-13,15H2,1-4H3. The molecule has 2 aromatic carbocycles. The molecule has 3 heteroatoms. The second kappa shape index (κ2) is 8.02. The molecule has 0 unspecified atom stereocenters. The second-order valence-corrected chi connectivity index (χ2v) is 6.37. The van der Waals surface area contributed by atoms with Crippen LogP contribution in [0.15, 0.2) is 48.5 Å². The summed E-state index contributed by atoms with van der Waals surface area (Å²) >= 11 is 0. The highest BCUT2D eigenvalue weighted by Crippen LogP contribution is 2.27. The predicted molar refractivity (Wildman–Crippen MR) is 95.6 cm³/mol. The molecule has 0 fully saturated rings. The first-order valence-corrected chi connectivity index (χ1v) is 8.04. The molecule has 0 atom stereocenters. The molecule has 23 heavy (non-hydrogen) atoms. The van der Waals surface area contributed by atoms with Crippen LogP contribution in [0.3, 0.4) is 0 Å². The number of ether oxygens (including phenoxy) is 2. The van der Waals surface area contributed by atoms with E-state index in [1.165, 1.54) is 11.1 Å². The number of hydrogen-bond donors (Lipinski definition) is 1. The van der Waals surface area contributed by atoms with Gasteiger partial charge < -0.3 is 14.8 Å². The molecule has 0 bridgehead atoms. The maximum Gasteiger partial charge on any atom is 0.160 e. The molecule has 0 spiro atoms. The van der Waals surface area contributed by atoms with Gasteiger partial charge >= 0.3 is 0 Å². The SMILES string of the molecule is COc1ccc(CCNCC(C)(C)c2ccccc2)cc1OC. The molecule has 3 nitrogen and oxygen atoms in total. The van der Waals surface area contributed by atoms with Gasteiger partial charge in [0.2, 0.25) is 0 Å². The van der Waals surface area contributed by atoms with Crippen molar-refractivity contribution in [3.05, 3.63) is 59.7 Å². The van der Waals surface area contributed by atoms with Crippen LogP contribution in [0.25, 0.3) is 0 Å². The Morgan fingerprint density at radius 3 is 2.26 bits per heavy atom. The van der Waals surface area contributed by atoms with Crippen LogP contribution in [-0.2, 0) is 11.8 Å². The highest BCUT2D eigenvalue weighted by Gasteiger charge is 2.19. The summed E-state index contributed by atoms with van der Waals surface area (Å²) in [5, 5.41) is 3.57. The first-order chi connectivity index (χ1) is 11.1. The lowest BCUT2D eigenvalue weighted by Crippen LogP contribution is -2.34. The van der Waals surface area contributed by atoms with E-state index in [4.69, 9.17) is 9.47 Å². The van der Waals surface area contributed by atoms with Gasteiger partial charge in [-0.15, -0.1) is 0 Å². The van der Waals surface area contributed by atoms with E-state index in [-0.39, 0.29) is 5.41 Å². The van der Waals surface area contributed by atoms with E-state index in [1.54, 1.807) is 14.2 Å². The highest BCUT2D eigenvalue weighted by atomic mass is 16.5. The molecule has 0 aromatic heterocycles. The Bertz CT molecular complexity index is 608. The van der Waals surface area contributed by atoms with E-state index in [9.17, 15) is 0 Å². The molecule has 0 radical (unpaired) electrons. The van der Waals surface area contributed by atoms with E-state index in [1.807, 2.05) is 12.1 Å². The number of methoxy groups -OCH3 is 2. The summed E-state index contributed by atoms with van der Waals surface area (Å²) in [5.41, 5.74) is 2.73. The average molecular weight is 313 g/mol. The van der Waals surface area contributed by atoms with Gasteiger partial charge in [0, 0.05) is 12.0 Å². The van der Waals surface area contributed by atoms with Crippen molar-refractivity contribution in [1.29, 1.82) is 0 Å². The lowest BCUT2D eigenvalue weighted by molar-refractivity contribution is 0.354. The topological polar surface area (TPSA) is 30.5 Å². The van der Waals surface area contributed by atoms with E-state index < -0.39 is 0 Å². The molecule has 0 aliphatic heterocycles. The molecule has 0 aliphatic carbocycles. The Morgan fingerprint density at radius 1 is 0.913 bits per heavy atom. The molecule has 1 N–H and O–H groups in total. The number of rotatable bonds is 8. The van der Waals surface area contributed by atoms with Crippen molar-refractivity contribution in [2.75, 3.05) is 27.3 Å². The van der Waals surface area contributed by atoms with E-state index in [0.717, 1.165) is 31.0 Å². The van der Waals surface area contributed by atoms with Gasteiger partial charge in [-0.05, 0) is 36.2 Å². The second-order valence-electron chi connectivity index (χ2n) is 6.37. The zero-order chi connectivity index (χ0) is 16.7. The van der Waals surface area contributed by atoms with Gasteiger partial charge in [-0.1, -0.05) is 50.2 Å². The lowest BCUT2D eigenvalue weighted by Gasteiger charge is -2.25. The molecule has 0 saturated heterocycles. The quantitative estimate of drug-likeness (QED) is 0.752. The largest absolute Gasteiger partial charge is 0.493 e. The monoisotopic (exact) mass is 313 g/mol. The van der Waals surface area contributed by atoms with Gasteiger partial charge in [0.05, 0.1) is 14.2 Å². The van der Waals surface area contributed by atoms with Gasteiger partial charge in [-0.3, -0.25) is 0 Å². The zero-order valence-electron chi connectivity index (χ0n) is 14.6. The van der Waals surface area contributed by atoms with Crippen LogP contribution in [0.5, 0.6) is 11.5 Å². The molecule has 0 aliphatic rings. The third-order valence-corrected chi connectivity index (χ3v) is 4.16. The van der Waals surface area contributed by atoms with E-state index in [2.05, 4.69) is 55.6 Å². The minimum absolute atomic E-state index is 0.124. The zero-order valence-corrected chi connectivity index (χ0v) is 14.6. The fourth-order valence-corrected chi connectivity index (χ4v) is 2.66. The average Bonchev–Trinajstić information content (AvgIpc) is 2.59. The maximum absolute atomic E-state index is 5.35. The molecule has 0 heterocycles. The Kier molecular flexibility index (Phi) is 6.05. The summed E-state index contributed by atoms with van der Waals surface area (Å²) in [6, 6.07) is 16.7. The van der Waals surface area contributed by atoms with Crippen LogP contribution in [-0.4, -0.2) is 27.3 Å². The highest BCUT2D eigenvalue weighted by molar-refractivity contribution is 5.42. The normalized spacial score (nSPS) is 11.3. The molecule has 124 valence electrons. The number of benzene rings is 2. The molecule has 2 rings (SSSR count). The summed E-state index contributed by atoms with van der Waals surface area (Å²) in [6.45, 7) is 6.42. The Labute approximate surface area is 139 Å². The van der Waals surface area contributed by atoms with Gasteiger partial charge in [0.15, 0.2) is 11.5 Å². The van der Waals surface area contributed by atoms with Gasteiger partial charge in [0.25, 0.3) is 0 Å². The summed E-state index contributed by atoms with van der Waals surface area (Å²) < 4.78 is 10.6. The van der Waals surface area contributed by atoms with Crippen molar-refractivity contribution in [3.63, 3.8) is 0 Å². The van der Waals surface area contributed by atoms with Crippen molar-refractivity contribution in [1.82, 2.24) is 5.32 Å². The minimum atomic E-state index is 0.124. The number of nitrogens with one attached hydrogen (secondary N) is 1. The Hall–Kier alpha value is -2.00. The van der Waals surface area contributed by atoms with Crippen LogP contribution in [0, 0.1) is 0 Å². The Morgan fingerprint density at radius 2 is 1.61 bits per heavy atom. The predicted octanol–water partition coefficient (Wildman–Crippen LogP) is 3.81. The van der Waals surface area contributed by atoms with Crippen molar-refractivity contribution < 1.29 is 9.47 Å². The summed E-state index contributed by atoms with van der Waals surface area (Å²) in [7, 11) is 3.33. The van der Waals surface area contributed by atoms with Gasteiger partial charge in [-0.25, -0.2) is 0 Å². The van der Waals surface area contributed by atoms with Crippen molar-refractivity contribution >= 4 is 0 Å². The maximum atomic E-state index is 5.35. The van der Waals surface area contributed by atoms with Crippen LogP contribution in [0.4, 0.5) is 0 Å². The summed E-state index contributed by atoms with van der Waals surface area (Å²) in [4.78, 5) is 0. The molecule has 2 aromatic rings. The van der Waals surface area contributed by atoms with Crippen molar-refractivity contribution in [2.45, 2.75) is 25.7 Å². The molecular weight excluding hydrogens is 286 g/mol. The first-order valence-electron chi connectivity index (χ1n) is 8.04. The minimum Gasteiger partial charge on any atom is -0.493 e. The van der Waals surface area contributed by atoms with Crippen LogP contribution in [0.1, 0.15) is 25.0 Å². The fraction of sp³-hybridized carbons (Fsp3) is 0.400. The first kappa shape index (κ1) is 17.4. The molecule has 0 amide bonds.